The summed E-state index contributed by atoms with van der Waals surface area (Å²) in [5, 5.41) is 8.91. The average molecular weight is 190 g/mol. The van der Waals surface area contributed by atoms with E-state index in [1.807, 2.05) is 0 Å². The van der Waals surface area contributed by atoms with E-state index >= 15 is 0 Å². The number of nitrogens with zero attached hydrogens (tertiary/aromatic N) is 1. The Hall–Kier alpha value is -1.68. The van der Waals surface area contributed by atoms with Crippen molar-refractivity contribution < 1.29 is 5.11 Å². The van der Waals surface area contributed by atoms with Gasteiger partial charge >= 0.3 is 0 Å². The molecule has 2 aromatic rings. The quantitative estimate of drug-likeness (QED) is 0.696. The fraction of sp³-hybridized carbons (Fsp3) is 0.200. The van der Waals surface area contributed by atoms with E-state index < -0.39 is 0 Å². The first kappa shape index (κ1) is 8.90. The number of benzene rings is 1. The molecule has 0 saturated heterocycles. The van der Waals surface area contributed by atoms with Crippen molar-refractivity contribution >= 4 is 11.0 Å². The van der Waals surface area contributed by atoms with Crippen LogP contribution in [-0.4, -0.2) is 15.1 Å². The maximum atomic E-state index is 11.3. The molecule has 14 heavy (non-hydrogen) atoms. The lowest BCUT2D eigenvalue weighted by Gasteiger charge is -2.00. The van der Waals surface area contributed by atoms with Crippen LogP contribution < -0.4 is 5.56 Å². The molecule has 4 heteroatoms. The van der Waals surface area contributed by atoms with Crippen LogP contribution in [0.2, 0.25) is 0 Å². The van der Waals surface area contributed by atoms with Crippen molar-refractivity contribution in [1.29, 1.82) is 0 Å². The summed E-state index contributed by atoms with van der Waals surface area (Å²) in [4.78, 5) is 18.1. The number of hydrogen-bond acceptors (Lipinski definition) is 3. The van der Waals surface area contributed by atoms with Crippen LogP contribution in [0.3, 0.4) is 0 Å². The van der Waals surface area contributed by atoms with Crippen LogP contribution in [0.4, 0.5) is 0 Å². The van der Waals surface area contributed by atoms with Gasteiger partial charge in [-0.2, -0.15) is 0 Å². The molecule has 0 saturated carbocycles. The molecule has 0 unspecified atom stereocenters. The van der Waals surface area contributed by atoms with Crippen LogP contribution in [0.15, 0.2) is 23.0 Å². The van der Waals surface area contributed by atoms with Crippen molar-refractivity contribution in [3.05, 3.63) is 39.8 Å². The standard InChI is InChI=1S/C10H10N2O2/c1-6-10(14)12-9-4-7(5-13)2-3-8(9)11-6/h2-4,13H,5H2,1H3,(H,12,14). The third-order valence-corrected chi connectivity index (χ3v) is 2.11. The van der Waals surface area contributed by atoms with Crippen molar-refractivity contribution in [1.82, 2.24) is 9.97 Å². The highest BCUT2D eigenvalue weighted by Gasteiger charge is 2.00. The second kappa shape index (κ2) is 3.23. The molecule has 1 heterocycles. The Kier molecular flexibility index (Phi) is 2.05. The predicted octanol–water partition coefficient (Wildman–Crippen LogP) is 0.724. The van der Waals surface area contributed by atoms with Crippen LogP contribution in [0.25, 0.3) is 11.0 Å². The zero-order valence-corrected chi connectivity index (χ0v) is 7.74. The molecule has 4 nitrogen and oxygen atoms in total. The first-order valence-electron chi connectivity index (χ1n) is 4.31. The monoisotopic (exact) mass is 190 g/mol. The molecule has 0 bridgehead atoms. The van der Waals surface area contributed by atoms with Crippen LogP contribution in [0.5, 0.6) is 0 Å². The molecule has 72 valence electrons. The number of fused-ring (bicyclic) bond motifs is 1. The number of aliphatic hydroxyl groups excluding tert-OH is 1. The Morgan fingerprint density at radius 3 is 3.00 bits per heavy atom. The number of aromatic amines is 1. The summed E-state index contributed by atoms with van der Waals surface area (Å²) in [5.41, 5.74) is 2.42. The second-order valence-corrected chi connectivity index (χ2v) is 3.16. The Morgan fingerprint density at radius 1 is 1.50 bits per heavy atom. The maximum Gasteiger partial charge on any atom is 0.269 e. The number of aryl methyl sites for hydroxylation is 1. The SMILES string of the molecule is Cc1nc2ccc(CO)cc2[nH]c1=O. The summed E-state index contributed by atoms with van der Waals surface area (Å²) < 4.78 is 0. The predicted molar refractivity (Wildman–Crippen MR) is 53.0 cm³/mol. The van der Waals surface area contributed by atoms with Crippen LogP contribution in [-0.2, 0) is 6.61 Å². The van der Waals surface area contributed by atoms with E-state index in [1.165, 1.54) is 0 Å². The van der Waals surface area contributed by atoms with Gasteiger partial charge in [0.2, 0.25) is 0 Å². The molecular formula is C10H10N2O2. The van der Waals surface area contributed by atoms with Gasteiger partial charge in [-0.15, -0.1) is 0 Å². The number of aromatic nitrogens is 2. The summed E-state index contributed by atoms with van der Waals surface area (Å²) in [6, 6.07) is 5.29. The minimum atomic E-state index is -0.187. The van der Waals surface area contributed by atoms with Gasteiger partial charge in [-0.3, -0.25) is 4.79 Å². The fourth-order valence-corrected chi connectivity index (χ4v) is 1.32. The minimum Gasteiger partial charge on any atom is -0.392 e. The van der Waals surface area contributed by atoms with Gasteiger partial charge < -0.3 is 10.1 Å². The van der Waals surface area contributed by atoms with Crippen LogP contribution in [0.1, 0.15) is 11.3 Å². The molecule has 0 fully saturated rings. The van der Waals surface area contributed by atoms with Gasteiger partial charge in [0.25, 0.3) is 5.56 Å². The molecule has 0 aliphatic heterocycles. The maximum absolute atomic E-state index is 11.3. The van der Waals surface area contributed by atoms with Gasteiger partial charge in [0.1, 0.15) is 5.69 Å². The third kappa shape index (κ3) is 1.40. The summed E-state index contributed by atoms with van der Waals surface area (Å²) in [5.74, 6) is 0. The number of rotatable bonds is 1. The molecular weight excluding hydrogens is 180 g/mol. The van der Waals surface area contributed by atoms with E-state index in [2.05, 4.69) is 9.97 Å². The summed E-state index contributed by atoms with van der Waals surface area (Å²) in [6.45, 7) is 1.63. The van der Waals surface area contributed by atoms with Crippen molar-refractivity contribution in [2.45, 2.75) is 13.5 Å². The molecule has 0 spiro atoms. The molecule has 0 amide bonds. The Bertz CT molecular complexity index is 531. The van der Waals surface area contributed by atoms with Crippen molar-refractivity contribution in [2.75, 3.05) is 0 Å². The van der Waals surface area contributed by atoms with Gasteiger partial charge in [0, 0.05) is 0 Å². The van der Waals surface area contributed by atoms with Crippen molar-refractivity contribution in [2.24, 2.45) is 0 Å². The third-order valence-electron chi connectivity index (χ3n) is 2.11. The average Bonchev–Trinajstić information content (AvgIpc) is 2.19. The molecule has 1 aromatic carbocycles. The highest BCUT2D eigenvalue weighted by atomic mass is 16.3. The van der Waals surface area contributed by atoms with Crippen molar-refractivity contribution in [3.8, 4) is 0 Å². The van der Waals surface area contributed by atoms with E-state index in [9.17, 15) is 4.79 Å². The number of hydrogen-bond donors (Lipinski definition) is 2. The minimum absolute atomic E-state index is 0.0359. The smallest absolute Gasteiger partial charge is 0.269 e. The topological polar surface area (TPSA) is 66.0 Å². The summed E-state index contributed by atoms with van der Waals surface area (Å²) in [6.07, 6.45) is 0. The fourth-order valence-electron chi connectivity index (χ4n) is 1.32. The van der Waals surface area contributed by atoms with Gasteiger partial charge in [0.05, 0.1) is 17.6 Å². The first-order chi connectivity index (χ1) is 6.70. The molecule has 1 aromatic heterocycles. The molecule has 0 aliphatic carbocycles. The summed E-state index contributed by atoms with van der Waals surface area (Å²) in [7, 11) is 0. The van der Waals surface area contributed by atoms with Gasteiger partial charge in [-0.05, 0) is 24.6 Å². The number of H-pyrrole nitrogens is 1. The Labute approximate surface area is 80.2 Å². The van der Waals surface area contributed by atoms with Gasteiger partial charge in [-0.1, -0.05) is 6.07 Å². The normalized spacial score (nSPS) is 10.7. The van der Waals surface area contributed by atoms with Crippen LogP contribution >= 0.6 is 0 Å². The lowest BCUT2D eigenvalue weighted by molar-refractivity contribution is 0.282. The lowest BCUT2D eigenvalue weighted by Crippen LogP contribution is -2.11. The lowest BCUT2D eigenvalue weighted by atomic mass is 10.2. The Balaban J connectivity index is 2.77. The van der Waals surface area contributed by atoms with E-state index in [1.54, 1.807) is 25.1 Å². The van der Waals surface area contributed by atoms with E-state index in [4.69, 9.17) is 5.11 Å². The number of aliphatic hydroxyl groups is 1. The van der Waals surface area contributed by atoms with Gasteiger partial charge in [0.15, 0.2) is 0 Å². The summed E-state index contributed by atoms with van der Waals surface area (Å²) >= 11 is 0. The number of nitrogens with one attached hydrogen (secondary N) is 1. The van der Waals surface area contributed by atoms with Crippen molar-refractivity contribution in [3.63, 3.8) is 0 Å². The highest BCUT2D eigenvalue weighted by Crippen LogP contribution is 2.10. The van der Waals surface area contributed by atoms with Crippen LogP contribution in [0, 0.1) is 6.92 Å². The zero-order valence-electron chi connectivity index (χ0n) is 7.74. The zero-order chi connectivity index (χ0) is 10.1. The first-order valence-corrected chi connectivity index (χ1v) is 4.31. The van der Waals surface area contributed by atoms with E-state index in [0.29, 0.717) is 11.2 Å². The van der Waals surface area contributed by atoms with E-state index in [0.717, 1.165) is 11.1 Å². The molecule has 0 aliphatic rings. The second-order valence-electron chi connectivity index (χ2n) is 3.16. The largest absolute Gasteiger partial charge is 0.392 e. The molecule has 2 rings (SSSR count). The Morgan fingerprint density at radius 2 is 2.29 bits per heavy atom. The van der Waals surface area contributed by atoms with E-state index in [-0.39, 0.29) is 12.2 Å². The molecule has 0 radical (unpaired) electrons. The van der Waals surface area contributed by atoms with Gasteiger partial charge in [-0.25, -0.2) is 4.98 Å². The highest BCUT2D eigenvalue weighted by molar-refractivity contribution is 5.74. The molecule has 0 atom stereocenters. The molecule has 2 N–H and O–H groups in total.